The van der Waals surface area contributed by atoms with Crippen LogP contribution in [-0.2, 0) is 4.74 Å². The number of ether oxygens (including phenoxy) is 1. The van der Waals surface area contributed by atoms with E-state index in [1.54, 1.807) is 7.11 Å². The molecule has 0 aromatic heterocycles. The molecule has 0 aromatic carbocycles. The van der Waals surface area contributed by atoms with E-state index in [0.29, 0.717) is 6.54 Å². The van der Waals surface area contributed by atoms with Crippen molar-refractivity contribution in [1.29, 1.82) is 0 Å². The summed E-state index contributed by atoms with van der Waals surface area (Å²) in [4.78, 5) is 0. The van der Waals surface area contributed by atoms with Crippen LogP contribution in [0.25, 0.3) is 0 Å². The maximum Gasteiger partial charge on any atom is 0.0681 e. The zero-order valence-corrected chi connectivity index (χ0v) is 4.77. The molecular formula is C4H12N2O. The molecule has 0 radical (unpaired) electrons. The molecule has 0 saturated carbocycles. The van der Waals surface area contributed by atoms with Gasteiger partial charge in [0.05, 0.1) is 6.10 Å². The summed E-state index contributed by atoms with van der Waals surface area (Å²) in [7, 11) is 1.65. The molecule has 3 nitrogen and oxygen atoms in total. The van der Waals surface area contributed by atoms with Crippen molar-refractivity contribution in [1.82, 2.24) is 5.43 Å². The minimum Gasteiger partial charge on any atom is -0.380 e. The van der Waals surface area contributed by atoms with Crippen LogP contribution >= 0.6 is 0 Å². The van der Waals surface area contributed by atoms with E-state index in [9.17, 15) is 0 Å². The molecule has 0 aliphatic carbocycles. The number of nitrogens with two attached hydrogens (primary N) is 1. The molecule has 0 amide bonds. The average Bonchev–Trinajstić information content (AvgIpc) is 1.68. The number of hydrogen-bond donors (Lipinski definition) is 2. The Labute approximate surface area is 43.8 Å². The van der Waals surface area contributed by atoms with Crippen LogP contribution in [0.15, 0.2) is 0 Å². The fourth-order valence-electron chi connectivity index (χ4n) is 0.249. The Hall–Kier alpha value is -0.120. The fourth-order valence-corrected chi connectivity index (χ4v) is 0.249. The Morgan fingerprint density at radius 2 is 2.43 bits per heavy atom. The van der Waals surface area contributed by atoms with Crippen LogP contribution in [0, 0.1) is 0 Å². The van der Waals surface area contributed by atoms with Crippen LogP contribution in [0.4, 0.5) is 0 Å². The lowest BCUT2D eigenvalue weighted by Crippen LogP contribution is -2.31. The van der Waals surface area contributed by atoms with Gasteiger partial charge in [-0.1, -0.05) is 0 Å². The van der Waals surface area contributed by atoms with Crippen molar-refractivity contribution in [3.05, 3.63) is 0 Å². The Balaban J connectivity index is 2.83. The fraction of sp³-hybridized carbons (Fsp3) is 1.00. The molecule has 3 N–H and O–H groups in total. The molecule has 0 unspecified atom stereocenters. The number of nitrogens with one attached hydrogen (secondary N) is 1. The van der Waals surface area contributed by atoms with E-state index in [4.69, 9.17) is 10.6 Å². The first-order valence-electron chi connectivity index (χ1n) is 2.27. The molecule has 7 heavy (non-hydrogen) atoms. The average molecular weight is 104 g/mol. The van der Waals surface area contributed by atoms with Gasteiger partial charge < -0.3 is 4.74 Å². The predicted molar refractivity (Wildman–Crippen MR) is 28.7 cm³/mol. The molecule has 0 bridgehead atoms. The van der Waals surface area contributed by atoms with Crippen LogP contribution in [0.1, 0.15) is 6.92 Å². The molecule has 0 heterocycles. The Morgan fingerprint density at radius 3 is 2.57 bits per heavy atom. The summed E-state index contributed by atoms with van der Waals surface area (Å²) >= 11 is 0. The third-order valence-electron chi connectivity index (χ3n) is 0.808. The van der Waals surface area contributed by atoms with Crippen molar-refractivity contribution in [3.63, 3.8) is 0 Å². The molecule has 1 atom stereocenters. The normalized spacial score (nSPS) is 14.1. The largest absolute Gasteiger partial charge is 0.380 e. The van der Waals surface area contributed by atoms with Crippen molar-refractivity contribution in [2.45, 2.75) is 13.0 Å². The summed E-state index contributed by atoms with van der Waals surface area (Å²) in [5.74, 6) is 4.97. The quantitative estimate of drug-likeness (QED) is 0.374. The summed E-state index contributed by atoms with van der Waals surface area (Å²) in [5.41, 5.74) is 2.49. The number of rotatable bonds is 3. The zero-order chi connectivity index (χ0) is 5.70. The van der Waals surface area contributed by atoms with Gasteiger partial charge in [0, 0.05) is 13.7 Å². The maximum absolute atomic E-state index is 4.97. The topological polar surface area (TPSA) is 47.3 Å². The van der Waals surface area contributed by atoms with Crippen LogP contribution in [-0.4, -0.2) is 19.8 Å². The van der Waals surface area contributed by atoms with Gasteiger partial charge in [-0.15, -0.1) is 0 Å². The number of methoxy groups -OCH3 is 1. The Morgan fingerprint density at radius 1 is 1.86 bits per heavy atom. The van der Waals surface area contributed by atoms with Gasteiger partial charge in [-0.2, -0.15) is 0 Å². The van der Waals surface area contributed by atoms with E-state index in [1.807, 2.05) is 6.92 Å². The van der Waals surface area contributed by atoms with Gasteiger partial charge in [0.25, 0.3) is 0 Å². The minimum absolute atomic E-state index is 0.213. The summed E-state index contributed by atoms with van der Waals surface area (Å²) in [5, 5.41) is 0. The van der Waals surface area contributed by atoms with Crippen molar-refractivity contribution in [3.8, 4) is 0 Å². The second kappa shape index (κ2) is 4.05. The monoisotopic (exact) mass is 104 g/mol. The van der Waals surface area contributed by atoms with Gasteiger partial charge in [0.15, 0.2) is 0 Å². The highest BCUT2D eigenvalue weighted by molar-refractivity contribution is 4.46. The van der Waals surface area contributed by atoms with Crippen LogP contribution in [0.3, 0.4) is 0 Å². The lowest BCUT2D eigenvalue weighted by Gasteiger charge is -2.05. The van der Waals surface area contributed by atoms with Gasteiger partial charge in [-0.3, -0.25) is 11.3 Å². The highest BCUT2D eigenvalue weighted by Gasteiger charge is 1.92. The maximum atomic E-state index is 4.97. The minimum atomic E-state index is 0.213. The summed E-state index contributed by atoms with van der Waals surface area (Å²) in [6.07, 6.45) is 0.213. The second-order valence-electron chi connectivity index (χ2n) is 1.45. The summed E-state index contributed by atoms with van der Waals surface area (Å²) in [6.45, 7) is 2.65. The van der Waals surface area contributed by atoms with E-state index < -0.39 is 0 Å². The van der Waals surface area contributed by atoms with E-state index in [0.717, 1.165) is 0 Å². The SMILES string of the molecule is CO[C@H](C)CNN. The van der Waals surface area contributed by atoms with Gasteiger partial charge >= 0.3 is 0 Å². The molecular weight excluding hydrogens is 92.1 g/mol. The standard InChI is InChI=1S/C4H12N2O/c1-4(7-2)3-6-5/h4,6H,3,5H2,1-2H3/t4-/m1/s1. The first-order valence-corrected chi connectivity index (χ1v) is 2.27. The van der Waals surface area contributed by atoms with E-state index >= 15 is 0 Å². The summed E-state index contributed by atoms with van der Waals surface area (Å²) in [6, 6.07) is 0. The lowest BCUT2D eigenvalue weighted by molar-refractivity contribution is 0.117. The Kier molecular flexibility index (Phi) is 3.98. The van der Waals surface area contributed by atoms with E-state index in [-0.39, 0.29) is 6.10 Å². The smallest absolute Gasteiger partial charge is 0.0681 e. The van der Waals surface area contributed by atoms with Crippen molar-refractivity contribution in [2.75, 3.05) is 13.7 Å². The molecule has 0 fully saturated rings. The van der Waals surface area contributed by atoms with Crippen molar-refractivity contribution >= 4 is 0 Å². The molecule has 44 valence electrons. The number of hydrogen-bond acceptors (Lipinski definition) is 3. The van der Waals surface area contributed by atoms with Gasteiger partial charge in [-0.05, 0) is 6.92 Å². The summed E-state index contributed by atoms with van der Waals surface area (Å²) < 4.78 is 4.85. The first-order chi connectivity index (χ1) is 3.31. The van der Waals surface area contributed by atoms with Gasteiger partial charge in [-0.25, -0.2) is 0 Å². The van der Waals surface area contributed by atoms with Crippen LogP contribution in [0.5, 0.6) is 0 Å². The second-order valence-corrected chi connectivity index (χ2v) is 1.45. The Bertz CT molecular complexity index is 40.7. The van der Waals surface area contributed by atoms with Crippen molar-refractivity contribution < 1.29 is 4.74 Å². The lowest BCUT2D eigenvalue weighted by atomic mass is 10.4. The third-order valence-corrected chi connectivity index (χ3v) is 0.808. The highest BCUT2D eigenvalue weighted by atomic mass is 16.5. The van der Waals surface area contributed by atoms with Crippen LogP contribution in [0.2, 0.25) is 0 Å². The molecule has 0 rings (SSSR count). The van der Waals surface area contributed by atoms with Gasteiger partial charge in [0.2, 0.25) is 0 Å². The first kappa shape index (κ1) is 6.88. The molecule has 0 saturated heterocycles. The van der Waals surface area contributed by atoms with Crippen molar-refractivity contribution in [2.24, 2.45) is 5.84 Å². The molecule has 0 aliphatic heterocycles. The zero-order valence-electron chi connectivity index (χ0n) is 4.77. The third kappa shape index (κ3) is 3.72. The predicted octanol–water partition coefficient (Wildman–Crippen LogP) is -0.515. The number of hydrazine groups is 1. The molecule has 0 spiro atoms. The van der Waals surface area contributed by atoms with E-state index in [1.165, 1.54) is 0 Å². The highest BCUT2D eigenvalue weighted by Crippen LogP contribution is 1.79. The molecule has 0 aromatic rings. The van der Waals surface area contributed by atoms with Gasteiger partial charge in [0.1, 0.15) is 0 Å². The molecule has 3 heteroatoms. The van der Waals surface area contributed by atoms with E-state index in [2.05, 4.69) is 5.43 Å². The van der Waals surface area contributed by atoms with Crippen LogP contribution < -0.4 is 11.3 Å². The molecule has 0 aliphatic rings.